The van der Waals surface area contributed by atoms with Gasteiger partial charge < -0.3 is 20.1 Å². The van der Waals surface area contributed by atoms with Crippen LogP contribution in [0.1, 0.15) is 32.6 Å². The standard InChI is InChI=1S/C16H27N5O2/c1-13(10-21-9-8-17-12-21)19-15(23)18-11-16(6-4-5-7-16)14(22)20(2)3/h8-9,12-13H,4-7,10-11H2,1-3H3,(H2,18,19,23)/t13-/m0/s1. The lowest BCUT2D eigenvalue weighted by molar-refractivity contribution is -0.138. The number of nitrogens with one attached hydrogen (secondary N) is 2. The Morgan fingerprint density at radius 2 is 2.04 bits per heavy atom. The fraction of sp³-hybridized carbons (Fsp3) is 0.688. The normalized spacial score (nSPS) is 17.5. The molecule has 0 saturated heterocycles. The summed E-state index contributed by atoms with van der Waals surface area (Å²) in [6, 6.07) is -0.247. The minimum absolute atomic E-state index is 0.0201. The second kappa shape index (κ2) is 7.48. The molecule has 0 radical (unpaired) electrons. The number of aromatic nitrogens is 2. The van der Waals surface area contributed by atoms with Crippen LogP contribution in [0.3, 0.4) is 0 Å². The Labute approximate surface area is 137 Å². The van der Waals surface area contributed by atoms with Crippen LogP contribution in [0.2, 0.25) is 0 Å². The maximum absolute atomic E-state index is 12.5. The van der Waals surface area contributed by atoms with Crippen molar-refractivity contribution in [3.63, 3.8) is 0 Å². The van der Waals surface area contributed by atoms with Crippen LogP contribution < -0.4 is 10.6 Å². The van der Waals surface area contributed by atoms with Gasteiger partial charge in [-0.05, 0) is 19.8 Å². The Morgan fingerprint density at radius 3 is 2.61 bits per heavy atom. The predicted molar refractivity (Wildman–Crippen MR) is 87.8 cm³/mol. The summed E-state index contributed by atoms with van der Waals surface area (Å²) in [5.74, 6) is 0.113. The Balaban J connectivity index is 1.83. The topological polar surface area (TPSA) is 79.3 Å². The van der Waals surface area contributed by atoms with E-state index in [1.807, 2.05) is 17.7 Å². The maximum atomic E-state index is 12.5. The number of hydrogen-bond acceptors (Lipinski definition) is 3. The number of urea groups is 1. The van der Waals surface area contributed by atoms with Gasteiger partial charge in [-0.25, -0.2) is 9.78 Å². The lowest BCUT2D eigenvalue weighted by atomic mass is 9.84. The predicted octanol–water partition coefficient (Wildman–Crippen LogP) is 1.22. The number of rotatable bonds is 6. The highest BCUT2D eigenvalue weighted by Gasteiger charge is 2.42. The fourth-order valence-corrected chi connectivity index (χ4v) is 3.27. The molecule has 1 heterocycles. The Morgan fingerprint density at radius 1 is 1.35 bits per heavy atom. The van der Waals surface area contributed by atoms with E-state index >= 15 is 0 Å². The van der Waals surface area contributed by atoms with E-state index in [4.69, 9.17) is 0 Å². The number of imidazole rings is 1. The van der Waals surface area contributed by atoms with Gasteiger partial charge in [0.2, 0.25) is 5.91 Å². The van der Waals surface area contributed by atoms with E-state index < -0.39 is 5.41 Å². The highest BCUT2D eigenvalue weighted by Crippen LogP contribution is 2.38. The number of carbonyl (C=O) groups is 2. The zero-order valence-electron chi connectivity index (χ0n) is 14.2. The summed E-state index contributed by atoms with van der Waals surface area (Å²) in [6.45, 7) is 3.00. The van der Waals surface area contributed by atoms with Crippen LogP contribution in [0, 0.1) is 5.41 Å². The quantitative estimate of drug-likeness (QED) is 0.827. The van der Waals surface area contributed by atoms with E-state index in [9.17, 15) is 9.59 Å². The van der Waals surface area contributed by atoms with Gasteiger partial charge in [-0.2, -0.15) is 0 Å². The van der Waals surface area contributed by atoms with Crippen LogP contribution in [0.25, 0.3) is 0 Å². The Bertz CT molecular complexity index is 521. The van der Waals surface area contributed by atoms with Crippen molar-refractivity contribution in [3.05, 3.63) is 18.7 Å². The molecule has 1 aliphatic carbocycles. The van der Waals surface area contributed by atoms with Crippen molar-refractivity contribution in [2.24, 2.45) is 5.41 Å². The van der Waals surface area contributed by atoms with Gasteiger partial charge in [0.05, 0.1) is 11.7 Å². The van der Waals surface area contributed by atoms with Crippen LogP contribution in [0.5, 0.6) is 0 Å². The van der Waals surface area contributed by atoms with Crippen LogP contribution in [0.4, 0.5) is 4.79 Å². The molecule has 0 bridgehead atoms. The molecule has 3 amide bonds. The summed E-state index contributed by atoms with van der Waals surface area (Å²) in [4.78, 5) is 30.2. The zero-order chi connectivity index (χ0) is 16.9. The molecule has 1 aromatic heterocycles. The van der Waals surface area contributed by atoms with Crippen LogP contribution >= 0.6 is 0 Å². The first-order chi connectivity index (χ1) is 10.9. The van der Waals surface area contributed by atoms with Gasteiger partial charge >= 0.3 is 6.03 Å². The molecule has 1 saturated carbocycles. The van der Waals surface area contributed by atoms with E-state index in [0.29, 0.717) is 13.1 Å². The average molecular weight is 321 g/mol. The van der Waals surface area contributed by atoms with E-state index in [0.717, 1.165) is 25.7 Å². The Kier molecular flexibility index (Phi) is 5.63. The van der Waals surface area contributed by atoms with Crippen molar-refractivity contribution in [3.8, 4) is 0 Å². The van der Waals surface area contributed by atoms with Crippen LogP contribution in [0.15, 0.2) is 18.7 Å². The summed E-state index contributed by atoms with van der Waals surface area (Å²) in [7, 11) is 3.55. The fourth-order valence-electron chi connectivity index (χ4n) is 3.27. The van der Waals surface area contributed by atoms with Gasteiger partial charge in [0.15, 0.2) is 0 Å². The molecule has 1 fully saturated rings. The first-order valence-electron chi connectivity index (χ1n) is 8.15. The molecule has 2 rings (SSSR count). The molecule has 1 aromatic rings. The van der Waals surface area contributed by atoms with Crippen molar-refractivity contribution in [1.29, 1.82) is 0 Å². The first kappa shape index (κ1) is 17.3. The molecule has 7 nitrogen and oxygen atoms in total. The molecule has 0 aromatic carbocycles. The molecule has 1 atom stereocenters. The molecule has 0 spiro atoms. The maximum Gasteiger partial charge on any atom is 0.315 e. The lowest BCUT2D eigenvalue weighted by Gasteiger charge is -2.31. The third kappa shape index (κ3) is 4.46. The van der Waals surface area contributed by atoms with Crippen molar-refractivity contribution >= 4 is 11.9 Å². The second-order valence-electron chi connectivity index (χ2n) is 6.67. The minimum Gasteiger partial charge on any atom is -0.348 e. The number of nitrogens with zero attached hydrogens (tertiary/aromatic N) is 3. The summed E-state index contributed by atoms with van der Waals surface area (Å²) >= 11 is 0. The van der Waals surface area contributed by atoms with E-state index in [1.165, 1.54) is 0 Å². The third-order valence-electron chi connectivity index (χ3n) is 4.43. The van der Waals surface area contributed by atoms with Gasteiger partial charge in [0.1, 0.15) is 0 Å². The molecule has 128 valence electrons. The summed E-state index contributed by atoms with van der Waals surface area (Å²) in [5, 5.41) is 5.79. The van der Waals surface area contributed by atoms with Crippen molar-refractivity contribution in [2.75, 3.05) is 20.6 Å². The smallest absolute Gasteiger partial charge is 0.315 e. The monoisotopic (exact) mass is 321 g/mol. The van der Waals surface area contributed by atoms with Gasteiger partial charge in [-0.1, -0.05) is 12.8 Å². The van der Waals surface area contributed by atoms with E-state index in [2.05, 4.69) is 15.6 Å². The molecular weight excluding hydrogens is 294 g/mol. The molecule has 7 heteroatoms. The molecule has 0 unspecified atom stereocenters. The zero-order valence-corrected chi connectivity index (χ0v) is 14.2. The number of hydrogen-bond donors (Lipinski definition) is 2. The molecule has 2 N–H and O–H groups in total. The highest BCUT2D eigenvalue weighted by atomic mass is 16.2. The van der Waals surface area contributed by atoms with Crippen molar-refractivity contribution in [1.82, 2.24) is 25.1 Å². The SMILES string of the molecule is C[C@@H](Cn1ccnc1)NC(=O)NCC1(C(=O)N(C)C)CCCC1. The van der Waals surface area contributed by atoms with E-state index in [-0.39, 0.29) is 18.0 Å². The molecular formula is C16H27N5O2. The number of amides is 3. The lowest BCUT2D eigenvalue weighted by Crippen LogP contribution is -2.50. The Hall–Kier alpha value is -2.05. The van der Waals surface area contributed by atoms with Gasteiger partial charge in [0, 0.05) is 45.6 Å². The largest absolute Gasteiger partial charge is 0.348 e. The average Bonchev–Trinajstić information content (AvgIpc) is 3.16. The first-order valence-corrected chi connectivity index (χ1v) is 8.15. The molecule has 1 aliphatic rings. The van der Waals surface area contributed by atoms with Crippen LogP contribution in [-0.4, -0.2) is 53.1 Å². The minimum atomic E-state index is -0.436. The van der Waals surface area contributed by atoms with Gasteiger partial charge in [-0.15, -0.1) is 0 Å². The summed E-state index contributed by atoms with van der Waals surface area (Å²) < 4.78 is 1.92. The van der Waals surface area contributed by atoms with Crippen molar-refractivity contribution < 1.29 is 9.59 Å². The molecule has 23 heavy (non-hydrogen) atoms. The van der Waals surface area contributed by atoms with Crippen LogP contribution in [-0.2, 0) is 11.3 Å². The summed E-state index contributed by atoms with van der Waals surface area (Å²) in [6.07, 6.45) is 9.06. The summed E-state index contributed by atoms with van der Waals surface area (Å²) in [5.41, 5.74) is -0.436. The highest BCUT2D eigenvalue weighted by molar-refractivity contribution is 5.84. The second-order valence-corrected chi connectivity index (χ2v) is 6.67. The molecule has 0 aliphatic heterocycles. The third-order valence-corrected chi connectivity index (χ3v) is 4.43. The van der Waals surface area contributed by atoms with E-state index in [1.54, 1.807) is 31.5 Å². The number of carbonyl (C=O) groups excluding carboxylic acids is 2. The van der Waals surface area contributed by atoms with Crippen molar-refractivity contribution in [2.45, 2.75) is 45.2 Å². The van der Waals surface area contributed by atoms with Gasteiger partial charge in [0.25, 0.3) is 0 Å². The van der Waals surface area contributed by atoms with Gasteiger partial charge in [-0.3, -0.25) is 4.79 Å².